The maximum absolute atomic E-state index is 13.0. The Morgan fingerprint density at radius 2 is 2.25 bits per heavy atom. The highest BCUT2D eigenvalue weighted by Crippen LogP contribution is 2.14. The van der Waals surface area contributed by atoms with Gasteiger partial charge in [-0.2, -0.15) is 0 Å². The van der Waals surface area contributed by atoms with Gasteiger partial charge < -0.3 is 10.1 Å². The van der Waals surface area contributed by atoms with E-state index in [9.17, 15) is 4.39 Å². The molecule has 16 heavy (non-hydrogen) atoms. The molecule has 2 nitrogen and oxygen atoms in total. The van der Waals surface area contributed by atoms with Crippen molar-refractivity contribution >= 4 is 27.5 Å². The smallest absolute Gasteiger partial charge is 0.124 e. The van der Waals surface area contributed by atoms with Crippen LogP contribution >= 0.6 is 27.5 Å². The first-order valence-electron chi connectivity index (χ1n) is 4.90. The molecule has 0 heterocycles. The number of hydrogen-bond donors (Lipinski definition) is 1. The fourth-order valence-electron chi connectivity index (χ4n) is 1.33. The summed E-state index contributed by atoms with van der Waals surface area (Å²) in [5.74, 6) is -0.245. The van der Waals surface area contributed by atoms with Crippen LogP contribution in [-0.2, 0) is 11.3 Å². The van der Waals surface area contributed by atoms with Crippen molar-refractivity contribution in [2.45, 2.75) is 11.9 Å². The van der Waals surface area contributed by atoms with E-state index in [-0.39, 0.29) is 11.2 Å². The van der Waals surface area contributed by atoms with Crippen molar-refractivity contribution in [3.05, 3.63) is 34.1 Å². The molecular formula is C11H14BrClFNO. The predicted molar refractivity (Wildman–Crippen MR) is 67.3 cm³/mol. The molecule has 90 valence electrons. The molecule has 0 amide bonds. The van der Waals surface area contributed by atoms with E-state index in [0.29, 0.717) is 19.7 Å². The van der Waals surface area contributed by atoms with Gasteiger partial charge in [0.15, 0.2) is 0 Å². The maximum atomic E-state index is 13.0. The van der Waals surface area contributed by atoms with E-state index in [2.05, 4.69) is 21.2 Å². The summed E-state index contributed by atoms with van der Waals surface area (Å²) < 4.78 is 18.7. The summed E-state index contributed by atoms with van der Waals surface area (Å²) in [5.41, 5.74) is 0.883. The topological polar surface area (TPSA) is 21.3 Å². The SMILES string of the molecule is COCC(Cl)CNCc1cc(F)cc(Br)c1. The van der Waals surface area contributed by atoms with Crippen LogP contribution < -0.4 is 5.32 Å². The third-order valence-electron chi connectivity index (χ3n) is 1.96. The van der Waals surface area contributed by atoms with Crippen molar-refractivity contribution in [3.63, 3.8) is 0 Å². The van der Waals surface area contributed by atoms with E-state index in [0.717, 1.165) is 10.0 Å². The number of alkyl halides is 1. The molecule has 0 aliphatic rings. The van der Waals surface area contributed by atoms with Crippen molar-refractivity contribution in [2.24, 2.45) is 0 Å². The van der Waals surface area contributed by atoms with Crippen LogP contribution in [0.15, 0.2) is 22.7 Å². The minimum atomic E-state index is -0.245. The van der Waals surface area contributed by atoms with Gasteiger partial charge in [-0.1, -0.05) is 15.9 Å². The molecule has 0 bridgehead atoms. The number of rotatable bonds is 6. The summed E-state index contributed by atoms with van der Waals surface area (Å²) in [4.78, 5) is 0. The van der Waals surface area contributed by atoms with Gasteiger partial charge in [0.25, 0.3) is 0 Å². The molecule has 1 unspecified atom stereocenters. The van der Waals surface area contributed by atoms with Crippen molar-refractivity contribution in [2.75, 3.05) is 20.3 Å². The predicted octanol–water partition coefficient (Wildman–Crippen LogP) is 2.93. The highest BCUT2D eigenvalue weighted by molar-refractivity contribution is 9.10. The molecule has 1 aromatic carbocycles. The molecule has 0 fully saturated rings. The summed E-state index contributed by atoms with van der Waals surface area (Å²) in [7, 11) is 1.61. The number of methoxy groups -OCH3 is 1. The van der Waals surface area contributed by atoms with Gasteiger partial charge in [-0.15, -0.1) is 11.6 Å². The van der Waals surface area contributed by atoms with Crippen LogP contribution in [-0.4, -0.2) is 25.6 Å². The molecule has 1 atom stereocenters. The Kier molecular flexibility index (Phi) is 6.28. The molecule has 0 aromatic heterocycles. The van der Waals surface area contributed by atoms with Crippen LogP contribution in [0.4, 0.5) is 4.39 Å². The Hall–Kier alpha value is -0.160. The van der Waals surface area contributed by atoms with E-state index < -0.39 is 0 Å². The first-order valence-corrected chi connectivity index (χ1v) is 6.13. The molecule has 0 radical (unpaired) electrons. The molecule has 0 aliphatic heterocycles. The van der Waals surface area contributed by atoms with Crippen LogP contribution in [0.2, 0.25) is 0 Å². The lowest BCUT2D eigenvalue weighted by Gasteiger charge is -2.10. The van der Waals surface area contributed by atoms with Gasteiger partial charge in [-0.3, -0.25) is 0 Å². The van der Waals surface area contributed by atoms with Crippen LogP contribution in [0.25, 0.3) is 0 Å². The molecule has 1 aromatic rings. The minimum absolute atomic E-state index is 0.0676. The molecule has 1 N–H and O–H groups in total. The molecule has 5 heteroatoms. The van der Waals surface area contributed by atoms with Crippen LogP contribution in [0.1, 0.15) is 5.56 Å². The van der Waals surface area contributed by atoms with Crippen molar-refractivity contribution in [1.82, 2.24) is 5.32 Å². The van der Waals surface area contributed by atoms with E-state index in [1.165, 1.54) is 12.1 Å². The molecule has 0 saturated carbocycles. The second-order valence-electron chi connectivity index (χ2n) is 3.46. The van der Waals surface area contributed by atoms with Crippen molar-refractivity contribution in [1.29, 1.82) is 0 Å². The summed E-state index contributed by atoms with van der Waals surface area (Å²) >= 11 is 9.18. The van der Waals surface area contributed by atoms with E-state index >= 15 is 0 Å². The molecule has 1 rings (SSSR count). The summed E-state index contributed by atoms with van der Waals surface area (Å²) in [6.07, 6.45) is 0. The van der Waals surface area contributed by atoms with Gasteiger partial charge in [0.2, 0.25) is 0 Å². The normalized spacial score (nSPS) is 12.8. The van der Waals surface area contributed by atoms with Gasteiger partial charge >= 0.3 is 0 Å². The number of halogens is 3. The monoisotopic (exact) mass is 309 g/mol. The molecule has 0 saturated heterocycles. The van der Waals surface area contributed by atoms with Crippen LogP contribution in [0.5, 0.6) is 0 Å². The number of hydrogen-bond acceptors (Lipinski definition) is 2. The second kappa shape index (κ2) is 7.22. The van der Waals surface area contributed by atoms with Gasteiger partial charge in [0.1, 0.15) is 5.82 Å². The van der Waals surface area contributed by atoms with Gasteiger partial charge in [-0.25, -0.2) is 4.39 Å². The van der Waals surface area contributed by atoms with Crippen molar-refractivity contribution < 1.29 is 9.13 Å². The Morgan fingerprint density at radius 3 is 2.88 bits per heavy atom. The maximum Gasteiger partial charge on any atom is 0.124 e. The lowest BCUT2D eigenvalue weighted by Crippen LogP contribution is -2.25. The molecule has 0 spiro atoms. The van der Waals surface area contributed by atoms with E-state index in [1.54, 1.807) is 7.11 Å². The first-order chi connectivity index (χ1) is 7.61. The zero-order chi connectivity index (χ0) is 12.0. The Balaban J connectivity index is 2.37. The molecular weight excluding hydrogens is 296 g/mol. The average molecular weight is 311 g/mol. The van der Waals surface area contributed by atoms with Crippen LogP contribution in [0.3, 0.4) is 0 Å². The Labute approximate surface area is 108 Å². The zero-order valence-corrected chi connectivity index (χ0v) is 11.3. The third kappa shape index (κ3) is 5.25. The lowest BCUT2D eigenvalue weighted by atomic mass is 10.2. The van der Waals surface area contributed by atoms with Gasteiger partial charge in [-0.05, 0) is 23.8 Å². The van der Waals surface area contributed by atoms with E-state index in [4.69, 9.17) is 16.3 Å². The third-order valence-corrected chi connectivity index (χ3v) is 2.70. The lowest BCUT2D eigenvalue weighted by molar-refractivity contribution is 0.197. The largest absolute Gasteiger partial charge is 0.383 e. The highest BCUT2D eigenvalue weighted by atomic mass is 79.9. The quantitative estimate of drug-likeness (QED) is 0.816. The zero-order valence-electron chi connectivity index (χ0n) is 8.97. The fourth-order valence-corrected chi connectivity index (χ4v) is 2.07. The number of ether oxygens (including phenoxy) is 1. The van der Waals surface area contributed by atoms with E-state index in [1.807, 2.05) is 6.07 Å². The standard InChI is InChI=1S/C11H14BrClFNO/c1-16-7-10(13)6-15-5-8-2-9(12)4-11(14)3-8/h2-4,10,15H,5-7H2,1H3. The Morgan fingerprint density at radius 1 is 1.50 bits per heavy atom. The first kappa shape index (κ1) is 13.9. The number of benzene rings is 1. The fraction of sp³-hybridized carbons (Fsp3) is 0.455. The summed E-state index contributed by atoms with van der Waals surface area (Å²) in [6, 6.07) is 4.80. The van der Waals surface area contributed by atoms with Crippen LogP contribution in [0, 0.1) is 5.82 Å². The number of nitrogens with one attached hydrogen (secondary N) is 1. The summed E-state index contributed by atoms with van der Waals surface area (Å²) in [6.45, 7) is 1.72. The Bertz CT molecular complexity index is 318. The average Bonchev–Trinajstić information content (AvgIpc) is 2.16. The van der Waals surface area contributed by atoms with Gasteiger partial charge in [0, 0.05) is 24.7 Å². The second-order valence-corrected chi connectivity index (χ2v) is 4.99. The highest BCUT2D eigenvalue weighted by Gasteiger charge is 2.03. The minimum Gasteiger partial charge on any atom is -0.383 e. The van der Waals surface area contributed by atoms with Gasteiger partial charge in [0.05, 0.1) is 12.0 Å². The molecule has 0 aliphatic carbocycles. The summed E-state index contributed by atoms with van der Waals surface area (Å²) in [5, 5.41) is 3.07. The van der Waals surface area contributed by atoms with Crippen molar-refractivity contribution in [3.8, 4) is 0 Å².